The second-order valence-electron chi connectivity index (χ2n) is 12.8. The maximum absolute atomic E-state index is 10.4. The molecule has 8 aromatic rings. The van der Waals surface area contributed by atoms with Crippen LogP contribution in [0.3, 0.4) is 0 Å². The van der Waals surface area contributed by atoms with Crippen molar-refractivity contribution < 1.29 is 17.5 Å². The first kappa shape index (κ1) is 34.2. The van der Waals surface area contributed by atoms with E-state index < -0.39 is 10.1 Å². The zero-order chi connectivity index (χ0) is 36.9. The number of hydrogen-bond acceptors (Lipinski definition) is 9. The minimum Gasteiger partial charge on any atom is -0.744 e. The molecule has 0 bridgehead atoms. The van der Waals surface area contributed by atoms with E-state index in [-0.39, 0.29) is 11.1 Å². The van der Waals surface area contributed by atoms with Crippen molar-refractivity contribution in [1.29, 1.82) is 0 Å². The lowest BCUT2D eigenvalue weighted by Crippen LogP contribution is -2.45. The Morgan fingerprint density at radius 1 is 0.698 bits per heavy atom. The second-order valence-corrected chi connectivity index (χ2v) is 14.6. The van der Waals surface area contributed by atoms with Crippen LogP contribution in [0.5, 0.6) is 0 Å². The topological polar surface area (TPSA) is 124 Å². The molecule has 0 saturated heterocycles. The molecule has 53 heavy (non-hydrogen) atoms. The Hall–Kier alpha value is -5.95. The molecule has 5 aromatic carbocycles. The number of benzene rings is 5. The van der Waals surface area contributed by atoms with Gasteiger partial charge < -0.3 is 14.4 Å². The molecule has 0 saturated carbocycles. The van der Waals surface area contributed by atoms with Crippen LogP contribution in [0.15, 0.2) is 132 Å². The van der Waals surface area contributed by atoms with Gasteiger partial charge in [0.1, 0.15) is 21.8 Å². The van der Waals surface area contributed by atoms with Crippen molar-refractivity contribution >= 4 is 78.1 Å². The molecule has 0 fully saturated rings. The van der Waals surface area contributed by atoms with Gasteiger partial charge in [-0.1, -0.05) is 82.8 Å². The van der Waals surface area contributed by atoms with Crippen molar-refractivity contribution in [1.82, 2.24) is 24.5 Å². The van der Waals surface area contributed by atoms with E-state index in [1.807, 2.05) is 61.5 Å². The van der Waals surface area contributed by atoms with Gasteiger partial charge in [-0.15, -0.1) is 0 Å². The summed E-state index contributed by atoms with van der Waals surface area (Å²) in [6.07, 6.45) is 0.459. The van der Waals surface area contributed by atoms with Gasteiger partial charge in [0, 0.05) is 16.4 Å². The van der Waals surface area contributed by atoms with Crippen LogP contribution in [0.4, 0.5) is 23.0 Å². The van der Waals surface area contributed by atoms with E-state index in [0.29, 0.717) is 11.4 Å². The molecule has 3 aromatic heterocycles. The molecule has 4 heterocycles. The van der Waals surface area contributed by atoms with Crippen LogP contribution >= 0.6 is 11.6 Å². The molecule has 0 aliphatic carbocycles. The SMILES string of the molecule is Cc1ccc(S(=O)(=O)[O-])cc1.Cn1c(CC2N(c3ccccc3)c3nc4ccc(Cl)cc4nc3N2c2ccccc2)[n+](C)c2nc3ccccc3nc21. The summed E-state index contributed by atoms with van der Waals surface area (Å²) in [5, 5.41) is 0.632. The van der Waals surface area contributed by atoms with Crippen molar-refractivity contribution in [3.05, 3.63) is 144 Å². The van der Waals surface area contributed by atoms with Crippen LogP contribution in [0.2, 0.25) is 5.02 Å². The smallest absolute Gasteiger partial charge is 0.322 e. The van der Waals surface area contributed by atoms with Crippen molar-refractivity contribution in [2.45, 2.75) is 24.4 Å². The monoisotopic (exact) mass is 740 g/mol. The Bertz CT molecular complexity index is 2690. The van der Waals surface area contributed by atoms with Crippen molar-refractivity contribution in [2.75, 3.05) is 9.80 Å². The summed E-state index contributed by atoms with van der Waals surface area (Å²) >= 11 is 6.39. The highest BCUT2D eigenvalue weighted by atomic mass is 35.5. The Labute approximate surface area is 311 Å². The van der Waals surface area contributed by atoms with Gasteiger partial charge in [0.2, 0.25) is 5.82 Å². The summed E-state index contributed by atoms with van der Waals surface area (Å²) in [6, 6.07) is 40.2. The molecule has 1 aliphatic rings. The molecule has 0 N–H and O–H groups in total. The fourth-order valence-corrected chi connectivity index (χ4v) is 7.36. The van der Waals surface area contributed by atoms with E-state index in [2.05, 4.69) is 81.6 Å². The van der Waals surface area contributed by atoms with Gasteiger partial charge in [0.05, 0.1) is 36.4 Å². The Morgan fingerprint density at radius 2 is 1.23 bits per heavy atom. The Balaban J connectivity index is 0.000000314. The van der Waals surface area contributed by atoms with Crippen molar-refractivity contribution in [3.63, 3.8) is 0 Å². The quantitative estimate of drug-likeness (QED) is 0.132. The van der Waals surface area contributed by atoms with E-state index >= 15 is 0 Å². The summed E-state index contributed by atoms with van der Waals surface area (Å²) in [5.41, 5.74) is 7.98. The standard InChI is InChI=1S/C33H26ClN8.C7H8O3S/c1-39-28(40(2)31-30(39)35-24-15-9-10-16-25(24)36-31)20-29-41(22-11-5-3-6-12-22)32-33(42(29)23-13-7-4-8-14-23)38-27-19-21(34)17-18-26(27)37-32;1-6-2-4-7(5-3-6)11(8,9)10/h3-19,29H,20H2,1-2H3;2-5H,1H3,(H,8,9,10)/q+1;/p-1. The zero-order valence-electron chi connectivity index (χ0n) is 29.0. The van der Waals surface area contributed by atoms with Gasteiger partial charge in [0.25, 0.3) is 5.65 Å². The van der Waals surface area contributed by atoms with Gasteiger partial charge >= 0.3 is 5.65 Å². The first-order valence-electron chi connectivity index (χ1n) is 16.9. The van der Waals surface area contributed by atoms with Crippen LogP contribution in [0.25, 0.3) is 33.4 Å². The van der Waals surface area contributed by atoms with Gasteiger partial charge in [-0.25, -0.2) is 32.5 Å². The number of aromatic nitrogens is 6. The third-order valence-electron chi connectivity index (χ3n) is 9.33. The predicted octanol–water partition coefficient (Wildman–Crippen LogP) is 7.30. The molecule has 1 atom stereocenters. The average Bonchev–Trinajstić information content (AvgIpc) is 3.59. The van der Waals surface area contributed by atoms with Gasteiger partial charge in [-0.05, 0) is 73.7 Å². The summed E-state index contributed by atoms with van der Waals surface area (Å²) in [4.78, 5) is 24.7. The Morgan fingerprint density at radius 3 is 1.81 bits per heavy atom. The first-order chi connectivity index (χ1) is 25.6. The molecule has 9 rings (SSSR count). The number of nitrogens with zero attached hydrogens (tertiary/aromatic N) is 8. The van der Waals surface area contributed by atoms with E-state index in [0.717, 1.165) is 67.8 Å². The normalized spacial score (nSPS) is 14.1. The maximum atomic E-state index is 10.4. The molecule has 1 unspecified atom stereocenters. The highest BCUT2D eigenvalue weighted by Crippen LogP contribution is 2.47. The highest BCUT2D eigenvalue weighted by molar-refractivity contribution is 7.85. The number of anilines is 4. The van der Waals surface area contributed by atoms with Crippen LogP contribution < -0.4 is 14.4 Å². The van der Waals surface area contributed by atoms with E-state index in [9.17, 15) is 13.0 Å². The van der Waals surface area contributed by atoms with Crippen LogP contribution in [-0.2, 0) is 30.6 Å². The number of halogens is 1. The molecule has 1 aliphatic heterocycles. The van der Waals surface area contributed by atoms with Gasteiger partial charge in [0.15, 0.2) is 17.2 Å². The van der Waals surface area contributed by atoms with Crippen LogP contribution in [0.1, 0.15) is 11.4 Å². The summed E-state index contributed by atoms with van der Waals surface area (Å²) in [7, 11) is -0.139. The summed E-state index contributed by atoms with van der Waals surface area (Å²) < 4.78 is 35.5. The predicted molar refractivity (Wildman–Crippen MR) is 206 cm³/mol. The van der Waals surface area contributed by atoms with Gasteiger partial charge in [-0.2, -0.15) is 0 Å². The molecule has 0 radical (unpaired) electrons. The lowest BCUT2D eigenvalue weighted by Gasteiger charge is -2.31. The molecular weight excluding hydrogens is 708 g/mol. The van der Waals surface area contributed by atoms with E-state index in [1.54, 1.807) is 12.1 Å². The summed E-state index contributed by atoms with van der Waals surface area (Å²) in [5.74, 6) is 2.66. The van der Waals surface area contributed by atoms with E-state index in [1.165, 1.54) is 12.1 Å². The summed E-state index contributed by atoms with van der Waals surface area (Å²) in [6.45, 7) is 1.82. The molecule has 0 amide bonds. The fraction of sp³-hybridized carbons (Fsp3) is 0.125. The number of imidazole rings is 1. The van der Waals surface area contributed by atoms with Gasteiger partial charge in [-0.3, -0.25) is 0 Å². The highest BCUT2D eigenvalue weighted by Gasteiger charge is 2.43. The molecule has 0 spiro atoms. The third-order valence-corrected chi connectivity index (χ3v) is 10.4. The van der Waals surface area contributed by atoms with Crippen molar-refractivity contribution in [3.8, 4) is 0 Å². The minimum atomic E-state index is -4.27. The maximum Gasteiger partial charge on any atom is 0.322 e. The second kappa shape index (κ2) is 13.6. The molecule has 264 valence electrons. The van der Waals surface area contributed by atoms with Crippen molar-refractivity contribution in [2.24, 2.45) is 14.1 Å². The number of rotatable bonds is 5. The Kier molecular flexibility index (Phi) is 8.73. The molecular formula is C40H33ClN8O3S. The lowest BCUT2D eigenvalue weighted by atomic mass is 10.2. The zero-order valence-corrected chi connectivity index (χ0v) is 30.6. The van der Waals surface area contributed by atoms with E-state index in [4.69, 9.17) is 31.5 Å². The average molecular weight is 741 g/mol. The fourth-order valence-electron chi connectivity index (χ4n) is 6.72. The number of fused-ring (bicyclic) bond motifs is 4. The lowest BCUT2D eigenvalue weighted by molar-refractivity contribution is -0.655. The minimum absolute atomic E-state index is 0.178. The number of aryl methyl sites for hydroxylation is 3. The molecule has 11 nitrogen and oxygen atoms in total. The molecule has 13 heteroatoms. The first-order valence-corrected chi connectivity index (χ1v) is 18.6. The number of hydrogen-bond donors (Lipinski definition) is 0. The number of para-hydroxylation sites is 4. The van der Waals surface area contributed by atoms with Crippen LogP contribution in [-0.4, -0.2) is 43.6 Å². The largest absolute Gasteiger partial charge is 0.744 e. The van der Waals surface area contributed by atoms with Crippen LogP contribution in [0, 0.1) is 6.92 Å². The third kappa shape index (κ3) is 6.41.